The summed E-state index contributed by atoms with van der Waals surface area (Å²) in [5.41, 5.74) is 5.04. The molecule has 0 aliphatic carbocycles. The molecule has 5 rings (SSSR count). The molecule has 1 amide bonds. The molecular formula is C22H20ClN3O2. The molecule has 0 saturated carbocycles. The molecule has 3 aromatic rings. The molecule has 6 heteroatoms. The van der Waals surface area contributed by atoms with Crippen molar-refractivity contribution in [2.45, 2.75) is 32.2 Å². The summed E-state index contributed by atoms with van der Waals surface area (Å²) in [5.74, 6) is -0.0144. The van der Waals surface area contributed by atoms with Crippen LogP contribution in [0.4, 0.5) is 0 Å². The van der Waals surface area contributed by atoms with Gasteiger partial charge in [0.25, 0.3) is 5.91 Å². The van der Waals surface area contributed by atoms with Gasteiger partial charge in [0, 0.05) is 18.1 Å². The Morgan fingerprint density at radius 1 is 1.11 bits per heavy atom. The maximum absolute atomic E-state index is 13.0. The van der Waals surface area contributed by atoms with Crippen LogP contribution >= 0.6 is 11.6 Å². The molecular weight excluding hydrogens is 374 g/mol. The van der Waals surface area contributed by atoms with E-state index in [1.165, 1.54) is 11.1 Å². The van der Waals surface area contributed by atoms with Crippen LogP contribution in [0, 0.1) is 0 Å². The van der Waals surface area contributed by atoms with Crippen LogP contribution in [0.3, 0.4) is 0 Å². The number of rotatable bonds is 2. The molecule has 2 aliphatic rings. The number of benzene rings is 2. The van der Waals surface area contributed by atoms with E-state index in [0.717, 1.165) is 24.2 Å². The first-order valence-corrected chi connectivity index (χ1v) is 9.85. The van der Waals surface area contributed by atoms with Crippen molar-refractivity contribution in [3.8, 4) is 0 Å². The van der Waals surface area contributed by atoms with E-state index in [2.05, 4.69) is 23.3 Å². The first-order valence-electron chi connectivity index (χ1n) is 9.47. The molecule has 142 valence electrons. The van der Waals surface area contributed by atoms with Crippen LogP contribution in [0.5, 0.6) is 0 Å². The molecule has 3 heterocycles. The number of carbonyl (C=O) groups is 1. The molecule has 2 aliphatic heterocycles. The second kappa shape index (κ2) is 7.08. The van der Waals surface area contributed by atoms with E-state index in [-0.39, 0.29) is 12.0 Å². The minimum Gasteiger partial charge on any atom is -0.365 e. The first-order chi connectivity index (χ1) is 13.7. The van der Waals surface area contributed by atoms with Crippen molar-refractivity contribution in [1.82, 2.24) is 14.7 Å². The lowest BCUT2D eigenvalue weighted by Gasteiger charge is -2.28. The lowest BCUT2D eigenvalue weighted by atomic mass is 10.00. The fourth-order valence-electron chi connectivity index (χ4n) is 3.94. The van der Waals surface area contributed by atoms with Gasteiger partial charge in [0.15, 0.2) is 5.69 Å². The molecule has 1 unspecified atom stereocenters. The van der Waals surface area contributed by atoms with E-state index in [1.807, 2.05) is 46.0 Å². The summed E-state index contributed by atoms with van der Waals surface area (Å²) in [7, 11) is 0. The summed E-state index contributed by atoms with van der Waals surface area (Å²) in [4.78, 5) is 14.9. The number of carbonyl (C=O) groups excluding carboxylic acids is 1. The van der Waals surface area contributed by atoms with Crippen molar-refractivity contribution < 1.29 is 9.53 Å². The van der Waals surface area contributed by atoms with E-state index >= 15 is 0 Å². The zero-order valence-electron chi connectivity index (χ0n) is 15.3. The Morgan fingerprint density at radius 2 is 1.89 bits per heavy atom. The van der Waals surface area contributed by atoms with E-state index in [1.54, 1.807) is 0 Å². The van der Waals surface area contributed by atoms with Crippen LogP contribution in [0.2, 0.25) is 5.02 Å². The fraction of sp³-hybridized carbons (Fsp3) is 0.273. The second-order valence-electron chi connectivity index (χ2n) is 7.30. The third kappa shape index (κ3) is 3.21. The molecule has 2 aromatic carbocycles. The highest BCUT2D eigenvalue weighted by molar-refractivity contribution is 6.30. The first kappa shape index (κ1) is 17.5. The third-order valence-corrected chi connectivity index (χ3v) is 5.77. The van der Waals surface area contributed by atoms with Gasteiger partial charge in [-0.15, -0.1) is 0 Å². The Kier molecular flexibility index (Phi) is 4.41. The Morgan fingerprint density at radius 3 is 2.71 bits per heavy atom. The summed E-state index contributed by atoms with van der Waals surface area (Å²) in [5, 5.41) is 5.30. The number of hydrogen-bond acceptors (Lipinski definition) is 3. The number of ether oxygens (including phenoxy) is 1. The largest absolute Gasteiger partial charge is 0.365 e. The van der Waals surface area contributed by atoms with Crippen LogP contribution in [-0.2, 0) is 30.9 Å². The summed E-state index contributed by atoms with van der Waals surface area (Å²) in [6, 6.07) is 17.8. The molecule has 1 atom stereocenters. The van der Waals surface area contributed by atoms with Crippen molar-refractivity contribution in [3.05, 3.63) is 87.7 Å². The van der Waals surface area contributed by atoms with E-state index in [0.29, 0.717) is 30.4 Å². The fourth-order valence-corrected chi connectivity index (χ4v) is 4.07. The Balaban J connectivity index is 1.33. The lowest BCUT2D eigenvalue weighted by Crippen LogP contribution is -2.36. The van der Waals surface area contributed by atoms with E-state index in [4.69, 9.17) is 16.3 Å². The zero-order chi connectivity index (χ0) is 19.1. The van der Waals surface area contributed by atoms with Gasteiger partial charge in [-0.05, 0) is 41.3 Å². The monoisotopic (exact) mass is 393 g/mol. The minimum absolute atomic E-state index is 0.0144. The number of nitrogens with zero attached hydrogens (tertiary/aromatic N) is 3. The molecule has 0 saturated heterocycles. The molecule has 0 spiro atoms. The van der Waals surface area contributed by atoms with Crippen LogP contribution in [-0.4, -0.2) is 27.1 Å². The van der Waals surface area contributed by atoms with Gasteiger partial charge in [-0.25, -0.2) is 0 Å². The average molecular weight is 394 g/mol. The van der Waals surface area contributed by atoms with Crippen molar-refractivity contribution in [2.24, 2.45) is 0 Å². The van der Waals surface area contributed by atoms with Crippen LogP contribution in [0.25, 0.3) is 0 Å². The van der Waals surface area contributed by atoms with Gasteiger partial charge in [0.1, 0.15) is 6.10 Å². The van der Waals surface area contributed by atoms with Gasteiger partial charge < -0.3 is 9.64 Å². The highest BCUT2D eigenvalue weighted by Gasteiger charge is 2.27. The maximum atomic E-state index is 13.0. The van der Waals surface area contributed by atoms with Gasteiger partial charge in [0.2, 0.25) is 0 Å². The lowest BCUT2D eigenvalue weighted by molar-refractivity contribution is -0.00121. The van der Waals surface area contributed by atoms with Crippen molar-refractivity contribution in [1.29, 1.82) is 0 Å². The zero-order valence-corrected chi connectivity index (χ0v) is 16.1. The smallest absolute Gasteiger partial charge is 0.274 e. The van der Waals surface area contributed by atoms with Gasteiger partial charge >= 0.3 is 0 Å². The van der Waals surface area contributed by atoms with Crippen LogP contribution < -0.4 is 0 Å². The Labute approximate surface area is 168 Å². The summed E-state index contributed by atoms with van der Waals surface area (Å²) in [6.45, 7) is 2.40. The van der Waals surface area contributed by atoms with Gasteiger partial charge in [-0.3, -0.25) is 9.48 Å². The molecule has 0 radical (unpaired) electrons. The predicted octanol–water partition coefficient (Wildman–Crippen LogP) is 4.01. The number of halogens is 1. The quantitative estimate of drug-likeness (QED) is 0.661. The molecule has 1 aromatic heterocycles. The van der Waals surface area contributed by atoms with E-state index < -0.39 is 0 Å². The highest BCUT2D eigenvalue weighted by Crippen LogP contribution is 2.28. The highest BCUT2D eigenvalue weighted by atomic mass is 35.5. The molecule has 0 bridgehead atoms. The van der Waals surface area contributed by atoms with Gasteiger partial charge in [-0.1, -0.05) is 48.0 Å². The van der Waals surface area contributed by atoms with Gasteiger partial charge in [0.05, 0.1) is 18.8 Å². The number of amides is 1. The van der Waals surface area contributed by atoms with Crippen LogP contribution in [0.1, 0.15) is 39.0 Å². The molecule has 0 N–H and O–H groups in total. The molecule has 5 nitrogen and oxygen atoms in total. The number of fused-ring (bicyclic) bond motifs is 2. The predicted molar refractivity (Wildman–Crippen MR) is 106 cm³/mol. The van der Waals surface area contributed by atoms with Crippen molar-refractivity contribution >= 4 is 17.5 Å². The SMILES string of the molecule is O=C(c1cc2n(n1)CC(c1ccc(Cl)cc1)OC2)N1CCc2ccccc2C1. The maximum Gasteiger partial charge on any atom is 0.274 e. The second-order valence-corrected chi connectivity index (χ2v) is 7.74. The van der Waals surface area contributed by atoms with Crippen molar-refractivity contribution in [3.63, 3.8) is 0 Å². The number of hydrogen-bond donors (Lipinski definition) is 0. The summed E-state index contributed by atoms with van der Waals surface area (Å²) >= 11 is 5.97. The standard InChI is InChI=1S/C22H20ClN3O2/c23-18-7-5-16(6-8-18)21-13-26-19(14-28-21)11-20(24-26)22(27)25-10-9-15-3-1-2-4-17(15)12-25/h1-8,11,21H,9-10,12-14H2. The Bertz CT molecular complexity index is 1030. The summed E-state index contributed by atoms with van der Waals surface area (Å²) < 4.78 is 7.88. The topological polar surface area (TPSA) is 47.4 Å². The summed E-state index contributed by atoms with van der Waals surface area (Å²) in [6.07, 6.45) is 0.798. The third-order valence-electron chi connectivity index (χ3n) is 5.51. The molecule has 28 heavy (non-hydrogen) atoms. The van der Waals surface area contributed by atoms with Crippen LogP contribution in [0.15, 0.2) is 54.6 Å². The number of aromatic nitrogens is 2. The minimum atomic E-state index is -0.0884. The average Bonchev–Trinajstić information content (AvgIpc) is 3.17. The Hall–Kier alpha value is -2.63. The van der Waals surface area contributed by atoms with E-state index in [9.17, 15) is 4.79 Å². The van der Waals surface area contributed by atoms with Crippen molar-refractivity contribution in [2.75, 3.05) is 6.54 Å². The normalized spacial score (nSPS) is 18.5. The molecule has 0 fully saturated rings. The van der Waals surface area contributed by atoms with Gasteiger partial charge in [-0.2, -0.15) is 5.10 Å².